The van der Waals surface area contributed by atoms with Crippen LogP contribution in [0.2, 0.25) is 0 Å². The standard InChI is InChI=1S/C17H18BrNO3/c18-16-9-5-4-8-15(16)12-19(10-11-20)17(21)22-13-14-6-2-1-3-7-14/h1-9,20H,10-13H2. The van der Waals surface area contributed by atoms with Crippen molar-refractivity contribution in [3.63, 3.8) is 0 Å². The molecule has 5 heteroatoms. The number of aliphatic hydroxyl groups is 1. The maximum absolute atomic E-state index is 12.2. The van der Waals surface area contributed by atoms with E-state index >= 15 is 0 Å². The first-order chi connectivity index (χ1) is 10.7. The van der Waals surface area contributed by atoms with Gasteiger partial charge in [-0.15, -0.1) is 0 Å². The minimum atomic E-state index is -0.436. The quantitative estimate of drug-likeness (QED) is 0.853. The van der Waals surface area contributed by atoms with Gasteiger partial charge in [0.15, 0.2) is 0 Å². The lowest BCUT2D eigenvalue weighted by atomic mass is 10.2. The molecular weight excluding hydrogens is 346 g/mol. The van der Waals surface area contributed by atoms with Gasteiger partial charge >= 0.3 is 6.09 Å². The second kappa shape index (κ2) is 8.56. The Labute approximate surface area is 138 Å². The monoisotopic (exact) mass is 363 g/mol. The van der Waals surface area contributed by atoms with Crippen LogP contribution in [0.5, 0.6) is 0 Å². The summed E-state index contributed by atoms with van der Waals surface area (Å²) in [6.45, 7) is 0.729. The van der Waals surface area contributed by atoms with Gasteiger partial charge in [0.05, 0.1) is 13.2 Å². The van der Waals surface area contributed by atoms with Crippen LogP contribution in [-0.4, -0.2) is 29.3 Å². The van der Waals surface area contributed by atoms with Crippen LogP contribution in [0, 0.1) is 0 Å². The molecule has 116 valence electrons. The van der Waals surface area contributed by atoms with Crippen LogP contribution >= 0.6 is 15.9 Å². The molecule has 0 unspecified atom stereocenters. The molecule has 2 aromatic carbocycles. The highest BCUT2D eigenvalue weighted by molar-refractivity contribution is 9.10. The van der Waals surface area contributed by atoms with Gasteiger partial charge in [-0.2, -0.15) is 0 Å². The average molecular weight is 364 g/mol. The normalized spacial score (nSPS) is 10.3. The van der Waals surface area contributed by atoms with E-state index in [0.717, 1.165) is 15.6 Å². The van der Waals surface area contributed by atoms with Crippen molar-refractivity contribution in [2.45, 2.75) is 13.2 Å². The summed E-state index contributed by atoms with van der Waals surface area (Å²) >= 11 is 3.46. The van der Waals surface area contributed by atoms with Gasteiger partial charge < -0.3 is 14.7 Å². The number of halogens is 1. The Hall–Kier alpha value is -1.85. The van der Waals surface area contributed by atoms with E-state index < -0.39 is 6.09 Å². The average Bonchev–Trinajstić information content (AvgIpc) is 2.55. The van der Waals surface area contributed by atoms with Crippen molar-refractivity contribution in [3.8, 4) is 0 Å². The summed E-state index contributed by atoms with van der Waals surface area (Å²) in [5.74, 6) is 0. The number of carbonyl (C=O) groups is 1. The predicted molar refractivity (Wildman–Crippen MR) is 88.3 cm³/mol. The number of hydrogen-bond acceptors (Lipinski definition) is 3. The van der Waals surface area contributed by atoms with Crippen LogP contribution in [0.4, 0.5) is 4.79 Å². The number of hydrogen-bond donors (Lipinski definition) is 1. The fourth-order valence-electron chi connectivity index (χ4n) is 2.00. The number of ether oxygens (including phenoxy) is 1. The highest BCUT2D eigenvalue weighted by Crippen LogP contribution is 2.18. The second-order valence-corrected chi connectivity index (χ2v) is 5.63. The van der Waals surface area contributed by atoms with Crippen LogP contribution in [0.15, 0.2) is 59.1 Å². The van der Waals surface area contributed by atoms with E-state index in [-0.39, 0.29) is 19.8 Å². The number of nitrogens with zero attached hydrogens (tertiary/aromatic N) is 1. The van der Waals surface area contributed by atoms with Crippen molar-refractivity contribution in [1.29, 1.82) is 0 Å². The molecule has 22 heavy (non-hydrogen) atoms. The highest BCUT2D eigenvalue weighted by Gasteiger charge is 2.16. The molecule has 0 bridgehead atoms. The van der Waals surface area contributed by atoms with Gasteiger partial charge in [-0.25, -0.2) is 4.79 Å². The van der Waals surface area contributed by atoms with E-state index in [4.69, 9.17) is 9.84 Å². The molecule has 0 saturated heterocycles. The van der Waals surface area contributed by atoms with E-state index in [9.17, 15) is 4.79 Å². The molecule has 0 atom stereocenters. The molecule has 0 heterocycles. The predicted octanol–water partition coefficient (Wildman–Crippen LogP) is 3.58. The number of carbonyl (C=O) groups excluding carboxylic acids is 1. The third kappa shape index (κ3) is 4.86. The topological polar surface area (TPSA) is 49.8 Å². The van der Waals surface area contributed by atoms with E-state index in [1.54, 1.807) is 0 Å². The maximum Gasteiger partial charge on any atom is 0.410 e. The summed E-state index contributed by atoms with van der Waals surface area (Å²) in [7, 11) is 0. The molecular formula is C17H18BrNO3. The van der Waals surface area contributed by atoms with Gasteiger partial charge in [0.1, 0.15) is 6.61 Å². The van der Waals surface area contributed by atoms with Gasteiger partial charge in [-0.3, -0.25) is 0 Å². The van der Waals surface area contributed by atoms with Crippen LogP contribution in [0.3, 0.4) is 0 Å². The van der Waals surface area contributed by atoms with Crippen LogP contribution < -0.4 is 0 Å². The molecule has 4 nitrogen and oxygen atoms in total. The zero-order valence-electron chi connectivity index (χ0n) is 12.1. The van der Waals surface area contributed by atoms with Crippen molar-refractivity contribution in [1.82, 2.24) is 4.90 Å². The molecule has 0 spiro atoms. The number of benzene rings is 2. The first-order valence-electron chi connectivity index (χ1n) is 7.00. The summed E-state index contributed by atoms with van der Waals surface area (Å²) in [5, 5.41) is 9.16. The van der Waals surface area contributed by atoms with E-state index in [1.165, 1.54) is 4.90 Å². The lowest BCUT2D eigenvalue weighted by Crippen LogP contribution is -2.33. The smallest absolute Gasteiger partial charge is 0.410 e. The number of amides is 1. The van der Waals surface area contributed by atoms with Gasteiger partial charge in [0, 0.05) is 11.0 Å². The van der Waals surface area contributed by atoms with Crippen LogP contribution in [0.1, 0.15) is 11.1 Å². The van der Waals surface area contributed by atoms with Crippen molar-refractivity contribution >= 4 is 22.0 Å². The second-order valence-electron chi connectivity index (χ2n) is 4.78. The van der Waals surface area contributed by atoms with E-state index in [2.05, 4.69) is 15.9 Å². The fraction of sp³-hybridized carbons (Fsp3) is 0.235. The third-order valence-corrected chi connectivity index (χ3v) is 3.93. The summed E-state index contributed by atoms with van der Waals surface area (Å²) in [4.78, 5) is 13.7. The molecule has 1 N–H and O–H groups in total. The molecule has 0 fully saturated rings. The Kier molecular flexibility index (Phi) is 6.43. The summed E-state index contributed by atoms with van der Waals surface area (Å²) in [6, 6.07) is 17.2. The Balaban J connectivity index is 1.98. The molecule has 0 saturated carbocycles. The van der Waals surface area contributed by atoms with Crippen molar-refractivity contribution in [2.24, 2.45) is 0 Å². The van der Waals surface area contributed by atoms with Crippen LogP contribution in [0.25, 0.3) is 0 Å². The van der Waals surface area contributed by atoms with Crippen molar-refractivity contribution in [2.75, 3.05) is 13.2 Å². The summed E-state index contributed by atoms with van der Waals surface area (Å²) in [5.41, 5.74) is 1.90. The van der Waals surface area contributed by atoms with Gasteiger partial charge in [-0.1, -0.05) is 64.5 Å². The first-order valence-corrected chi connectivity index (χ1v) is 7.80. The fourth-order valence-corrected chi connectivity index (χ4v) is 2.41. The molecule has 0 aliphatic rings. The number of rotatable bonds is 6. The molecule has 0 aliphatic carbocycles. The maximum atomic E-state index is 12.2. The summed E-state index contributed by atoms with van der Waals surface area (Å²) < 4.78 is 6.24. The van der Waals surface area contributed by atoms with E-state index in [0.29, 0.717) is 6.54 Å². The lowest BCUT2D eigenvalue weighted by molar-refractivity contribution is 0.0858. The summed E-state index contributed by atoms with van der Waals surface area (Å²) in [6.07, 6.45) is -0.436. The van der Waals surface area contributed by atoms with Gasteiger partial charge in [-0.05, 0) is 17.2 Å². The minimum Gasteiger partial charge on any atom is -0.445 e. The first kappa shape index (κ1) is 16.5. The third-order valence-electron chi connectivity index (χ3n) is 3.15. The largest absolute Gasteiger partial charge is 0.445 e. The van der Waals surface area contributed by atoms with Crippen molar-refractivity contribution < 1.29 is 14.6 Å². The lowest BCUT2D eigenvalue weighted by Gasteiger charge is -2.22. The molecule has 0 radical (unpaired) electrons. The zero-order chi connectivity index (χ0) is 15.8. The Bertz CT molecular complexity index is 604. The van der Waals surface area contributed by atoms with Gasteiger partial charge in [0.2, 0.25) is 0 Å². The molecule has 0 aromatic heterocycles. The minimum absolute atomic E-state index is 0.106. The zero-order valence-corrected chi connectivity index (χ0v) is 13.7. The Morgan fingerprint density at radius 1 is 1.09 bits per heavy atom. The van der Waals surface area contributed by atoms with E-state index in [1.807, 2.05) is 54.6 Å². The number of aliphatic hydroxyl groups excluding tert-OH is 1. The molecule has 2 aromatic rings. The van der Waals surface area contributed by atoms with Crippen molar-refractivity contribution in [3.05, 3.63) is 70.2 Å². The molecule has 1 amide bonds. The Morgan fingerprint density at radius 2 is 1.77 bits per heavy atom. The van der Waals surface area contributed by atoms with Crippen LogP contribution in [-0.2, 0) is 17.9 Å². The van der Waals surface area contributed by atoms with Gasteiger partial charge in [0.25, 0.3) is 0 Å². The Morgan fingerprint density at radius 3 is 2.45 bits per heavy atom. The highest BCUT2D eigenvalue weighted by atomic mass is 79.9. The molecule has 2 rings (SSSR count). The molecule has 0 aliphatic heterocycles. The SMILES string of the molecule is O=C(OCc1ccccc1)N(CCO)Cc1ccccc1Br.